The lowest BCUT2D eigenvalue weighted by atomic mass is 10.3. The van der Waals surface area contributed by atoms with E-state index < -0.39 is 18.4 Å². The number of halogens is 1. The highest BCUT2D eigenvalue weighted by Crippen LogP contribution is 2.17. The number of carboxylic acids is 1. The van der Waals surface area contributed by atoms with Crippen molar-refractivity contribution in [1.29, 1.82) is 0 Å². The SMILES string of the molecule is Cl.O=C(O)CNC(=O)c1c(O)ccc2ncnn12. The van der Waals surface area contributed by atoms with Crippen LogP contribution in [0.15, 0.2) is 18.5 Å². The summed E-state index contributed by atoms with van der Waals surface area (Å²) < 4.78 is 1.13. The minimum absolute atomic E-state index is 0. The molecule has 8 nitrogen and oxygen atoms in total. The smallest absolute Gasteiger partial charge is 0.322 e. The van der Waals surface area contributed by atoms with E-state index in [2.05, 4.69) is 15.4 Å². The Hall–Kier alpha value is -2.35. The molecule has 0 radical (unpaired) electrons. The molecule has 2 heterocycles. The van der Waals surface area contributed by atoms with Gasteiger partial charge in [-0.25, -0.2) is 9.50 Å². The number of nitrogens with one attached hydrogen (secondary N) is 1. The van der Waals surface area contributed by atoms with Crippen molar-refractivity contribution in [2.75, 3.05) is 6.54 Å². The highest BCUT2D eigenvalue weighted by molar-refractivity contribution is 5.97. The van der Waals surface area contributed by atoms with Gasteiger partial charge in [-0.3, -0.25) is 9.59 Å². The van der Waals surface area contributed by atoms with Crippen molar-refractivity contribution in [2.24, 2.45) is 0 Å². The molecule has 0 aliphatic rings. The Labute approximate surface area is 107 Å². The molecule has 0 unspecified atom stereocenters. The highest BCUT2D eigenvalue weighted by atomic mass is 35.5. The van der Waals surface area contributed by atoms with Gasteiger partial charge in [0.2, 0.25) is 0 Å². The minimum atomic E-state index is -1.18. The van der Waals surface area contributed by atoms with E-state index in [0.29, 0.717) is 5.65 Å². The molecule has 1 amide bonds. The van der Waals surface area contributed by atoms with Crippen LogP contribution in [-0.4, -0.2) is 43.2 Å². The van der Waals surface area contributed by atoms with Gasteiger partial charge < -0.3 is 15.5 Å². The number of carbonyl (C=O) groups is 2. The maximum atomic E-state index is 11.7. The van der Waals surface area contributed by atoms with Crippen molar-refractivity contribution in [3.8, 4) is 5.75 Å². The Balaban J connectivity index is 0.00000162. The fraction of sp³-hybridized carbons (Fsp3) is 0.111. The second kappa shape index (κ2) is 5.32. The topological polar surface area (TPSA) is 117 Å². The number of aromatic hydroxyl groups is 1. The molecule has 96 valence electrons. The fourth-order valence-corrected chi connectivity index (χ4v) is 1.33. The number of rotatable bonds is 3. The van der Waals surface area contributed by atoms with Crippen molar-refractivity contribution in [1.82, 2.24) is 19.9 Å². The van der Waals surface area contributed by atoms with Crippen LogP contribution in [0.5, 0.6) is 5.75 Å². The Morgan fingerprint density at radius 2 is 2.11 bits per heavy atom. The number of carboxylic acid groups (broad SMARTS) is 1. The summed E-state index contributed by atoms with van der Waals surface area (Å²) in [4.78, 5) is 25.8. The lowest BCUT2D eigenvalue weighted by Gasteiger charge is -2.06. The van der Waals surface area contributed by atoms with Crippen molar-refractivity contribution in [2.45, 2.75) is 0 Å². The van der Waals surface area contributed by atoms with E-state index in [0.717, 1.165) is 4.52 Å². The Bertz CT molecular complexity index is 597. The first-order chi connectivity index (χ1) is 8.09. The number of hydrogen-bond acceptors (Lipinski definition) is 5. The van der Waals surface area contributed by atoms with Crippen LogP contribution in [0.25, 0.3) is 5.65 Å². The van der Waals surface area contributed by atoms with Crippen molar-refractivity contribution in [3.05, 3.63) is 24.2 Å². The van der Waals surface area contributed by atoms with Crippen molar-refractivity contribution in [3.63, 3.8) is 0 Å². The van der Waals surface area contributed by atoms with Crippen molar-refractivity contribution < 1.29 is 19.8 Å². The predicted octanol–water partition coefficient (Wildman–Crippen LogP) is -0.329. The molecule has 2 aromatic heterocycles. The molecule has 3 N–H and O–H groups in total. The molecule has 0 aliphatic carbocycles. The van der Waals surface area contributed by atoms with E-state index in [-0.39, 0.29) is 23.9 Å². The van der Waals surface area contributed by atoms with Gasteiger partial charge in [-0.2, -0.15) is 5.10 Å². The summed E-state index contributed by atoms with van der Waals surface area (Å²) in [6.45, 7) is -0.538. The molecule has 0 saturated heterocycles. The number of nitrogens with zero attached hydrogens (tertiary/aromatic N) is 3. The summed E-state index contributed by atoms with van der Waals surface area (Å²) in [6, 6.07) is 2.77. The first-order valence-corrected chi connectivity index (χ1v) is 4.61. The molecule has 0 spiro atoms. The van der Waals surface area contributed by atoms with E-state index in [1.54, 1.807) is 0 Å². The summed E-state index contributed by atoms with van der Waals surface area (Å²) in [5.74, 6) is -2.21. The molecule has 0 bridgehead atoms. The average Bonchev–Trinajstić information content (AvgIpc) is 2.73. The van der Waals surface area contributed by atoms with Crippen molar-refractivity contribution >= 4 is 29.9 Å². The van der Waals surface area contributed by atoms with E-state index in [4.69, 9.17) is 5.11 Å². The normalized spacial score (nSPS) is 9.78. The number of pyridine rings is 1. The zero-order chi connectivity index (χ0) is 12.4. The van der Waals surface area contributed by atoms with Crippen LogP contribution in [0.2, 0.25) is 0 Å². The molecular formula is C9H9ClN4O4. The second-order valence-electron chi connectivity index (χ2n) is 3.17. The van der Waals surface area contributed by atoms with Crippen LogP contribution in [0, 0.1) is 0 Å². The molecule has 0 aromatic carbocycles. The molecule has 0 aliphatic heterocycles. The number of carbonyl (C=O) groups excluding carboxylic acids is 1. The van der Waals surface area contributed by atoms with Gasteiger partial charge in [-0.1, -0.05) is 0 Å². The molecule has 0 atom stereocenters. The second-order valence-corrected chi connectivity index (χ2v) is 3.17. The van der Waals surface area contributed by atoms with Crippen LogP contribution >= 0.6 is 12.4 Å². The van der Waals surface area contributed by atoms with Crippen LogP contribution in [0.1, 0.15) is 10.5 Å². The molecule has 0 saturated carbocycles. The van der Waals surface area contributed by atoms with Gasteiger partial charge in [0.25, 0.3) is 5.91 Å². The zero-order valence-corrected chi connectivity index (χ0v) is 9.72. The van der Waals surface area contributed by atoms with Gasteiger partial charge in [0, 0.05) is 0 Å². The molecule has 2 rings (SSSR count). The number of amides is 1. The van der Waals surface area contributed by atoms with Gasteiger partial charge in [0.1, 0.15) is 18.6 Å². The Morgan fingerprint density at radius 1 is 1.39 bits per heavy atom. The lowest BCUT2D eigenvalue weighted by molar-refractivity contribution is -0.135. The number of aromatic nitrogens is 3. The predicted molar refractivity (Wildman–Crippen MR) is 61.9 cm³/mol. The zero-order valence-electron chi connectivity index (χ0n) is 8.90. The summed E-state index contributed by atoms with van der Waals surface area (Å²) in [7, 11) is 0. The van der Waals surface area contributed by atoms with Gasteiger partial charge in [-0.05, 0) is 12.1 Å². The molecule has 0 fully saturated rings. The number of aliphatic carboxylic acids is 1. The van der Waals surface area contributed by atoms with Gasteiger partial charge >= 0.3 is 5.97 Å². The Kier molecular flexibility index (Phi) is 4.05. The number of fused-ring (bicyclic) bond motifs is 1. The quantitative estimate of drug-likeness (QED) is 0.704. The minimum Gasteiger partial charge on any atom is -0.505 e. The molecular weight excluding hydrogens is 264 g/mol. The first-order valence-electron chi connectivity index (χ1n) is 4.61. The average molecular weight is 273 g/mol. The van der Waals surface area contributed by atoms with E-state index in [9.17, 15) is 14.7 Å². The van der Waals surface area contributed by atoms with E-state index in [1.807, 2.05) is 0 Å². The summed E-state index contributed by atoms with van der Waals surface area (Å²) in [6.07, 6.45) is 1.22. The lowest BCUT2D eigenvalue weighted by Crippen LogP contribution is -2.30. The monoisotopic (exact) mass is 272 g/mol. The maximum absolute atomic E-state index is 11.7. The Morgan fingerprint density at radius 3 is 2.78 bits per heavy atom. The molecule has 2 aromatic rings. The molecule has 18 heavy (non-hydrogen) atoms. The third kappa shape index (κ3) is 2.48. The summed E-state index contributed by atoms with van der Waals surface area (Å²) in [5.41, 5.74) is 0.226. The van der Waals surface area contributed by atoms with Crippen LogP contribution in [-0.2, 0) is 4.79 Å². The van der Waals surface area contributed by atoms with Gasteiger partial charge in [0.15, 0.2) is 11.3 Å². The van der Waals surface area contributed by atoms with Crippen LogP contribution < -0.4 is 5.32 Å². The maximum Gasteiger partial charge on any atom is 0.322 e. The molecule has 9 heteroatoms. The van der Waals surface area contributed by atoms with E-state index in [1.165, 1.54) is 18.5 Å². The van der Waals surface area contributed by atoms with Crippen LogP contribution in [0.3, 0.4) is 0 Å². The largest absolute Gasteiger partial charge is 0.505 e. The standard InChI is InChI=1S/C9H8N4O4.ClH/c14-5-1-2-6-11-4-12-13(6)8(5)9(17)10-3-7(15)16;/h1-2,4,14H,3H2,(H,10,17)(H,15,16);1H. The van der Waals surface area contributed by atoms with Gasteiger partial charge in [-0.15, -0.1) is 12.4 Å². The van der Waals surface area contributed by atoms with E-state index >= 15 is 0 Å². The summed E-state index contributed by atoms with van der Waals surface area (Å²) in [5, 5.41) is 23.9. The van der Waals surface area contributed by atoms with Crippen LogP contribution in [0.4, 0.5) is 0 Å². The van der Waals surface area contributed by atoms with Gasteiger partial charge in [0.05, 0.1) is 0 Å². The third-order valence-corrected chi connectivity index (χ3v) is 2.03. The number of hydrogen-bond donors (Lipinski definition) is 3. The summed E-state index contributed by atoms with van der Waals surface area (Å²) >= 11 is 0. The fourth-order valence-electron chi connectivity index (χ4n) is 1.33. The third-order valence-electron chi connectivity index (χ3n) is 2.03. The first kappa shape index (κ1) is 13.7. The highest BCUT2D eigenvalue weighted by Gasteiger charge is 2.17.